The standard InChI is InChI=1S/C16H15FN2O/c1-16(2)6-5-14-12(15(16)20)3-4-13(19-14)10-7-11(17)9-18-8-10/h3-4,7-9H,5-6H2,1-2H3. The lowest BCUT2D eigenvalue weighted by atomic mass is 9.75. The van der Waals surface area contributed by atoms with E-state index in [-0.39, 0.29) is 17.0 Å². The highest BCUT2D eigenvalue weighted by molar-refractivity contribution is 6.02. The molecule has 0 atom stereocenters. The normalized spacial score (nSPS) is 16.9. The van der Waals surface area contributed by atoms with Gasteiger partial charge >= 0.3 is 0 Å². The second-order valence-corrected chi connectivity index (χ2v) is 5.80. The largest absolute Gasteiger partial charge is 0.294 e. The molecule has 3 nitrogen and oxygen atoms in total. The Morgan fingerprint density at radius 1 is 1.25 bits per heavy atom. The van der Waals surface area contributed by atoms with E-state index >= 15 is 0 Å². The molecule has 0 aromatic carbocycles. The summed E-state index contributed by atoms with van der Waals surface area (Å²) in [5, 5.41) is 0. The average Bonchev–Trinajstić information content (AvgIpc) is 2.43. The molecule has 0 saturated heterocycles. The van der Waals surface area contributed by atoms with E-state index in [4.69, 9.17) is 0 Å². The van der Waals surface area contributed by atoms with Crippen molar-refractivity contribution in [2.24, 2.45) is 5.41 Å². The third-order valence-electron chi connectivity index (χ3n) is 3.82. The van der Waals surface area contributed by atoms with Gasteiger partial charge in [-0.2, -0.15) is 0 Å². The van der Waals surface area contributed by atoms with Gasteiger partial charge in [0.25, 0.3) is 0 Å². The Morgan fingerprint density at radius 3 is 2.80 bits per heavy atom. The average molecular weight is 270 g/mol. The van der Waals surface area contributed by atoms with E-state index in [2.05, 4.69) is 9.97 Å². The molecule has 1 aliphatic rings. The lowest BCUT2D eigenvalue weighted by molar-refractivity contribution is 0.0809. The molecular formula is C16H15FN2O. The molecule has 0 aliphatic heterocycles. The molecule has 2 heterocycles. The Bertz CT molecular complexity index is 695. The Labute approximate surface area is 116 Å². The predicted molar refractivity (Wildman–Crippen MR) is 73.9 cm³/mol. The maximum absolute atomic E-state index is 13.2. The molecule has 0 bridgehead atoms. The number of fused-ring (bicyclic) bond motifs is 1. The van der Waals surface area contributed by atoms with Gasteiger partial charge in [0.05, 0.1) is 17.6 Å². The number of ketones is 1. The Balaban J connectivity index is 2.05. The quantitative estimate of drug-likeness (QED) is 0.797. The number of halogens is 1. The number of carbonyl (C=O) groups excluding carboxylic acids is 1. The van der Waals surface area contributed by atoms with Gasteiger partial charge in [-0.3, -0.25) is 14.8 Å². The van der Waals surface area contributed by atoms with Crippen molar-refractivity contribution >= 4 is 5.78 Å². The van der Waals surface area contributed by atoms with Crippen LogP contribution in [0.2, 0.25) is 0 Å². The Morgan fingerprint density at radius 2 is 2.05 bits per heavy atom. The van der Waals surface area contributed by atoms with E-state index in [1.54, 1.807) is 18.3 Å². The van der Waals surface area contributed by atoms with Gasteiger partial charge in [-0.1, -0.05) is 13.8 Å². The summed E-state index contributed by atoms with van der Waals surface area (Å²) in [5.41, 5.74) is 2.45. The van der Waals surface area contributed by atoms with Crippen LogP contribution < -0.4 is 0 Å². The van der Waals surface area contributed by atoms with Crippen molar-refractivity contribution in [3.8, 4) is 11.3 Å². The molecule has 4 heteroatoms. The Kier molecular flexibility index (Phi) is 2.89. The fraction of sp³-hybridized carbons (Fsp3) is 0.312. The first kappa shape index (κ1) is 12.9. The number of aryl methyl sites for hydroxylation is 1. The molecule has 3 rings (SSSR count). The topological polar surface area (TPSA) is 42.9 Å². The van der Waals surface area contributed by atoms with Crippen LogP contribution in [0.4, 0.5) is 4.39 Å². The minimum absolute atomic E-state index is 0.134. The summed E-state index contributed by atoms with van der Waals surface area (Å²) in [5.74, 6) is -0.255. The smallest absolute Gasteiger partial charge is 0.170 e. The lowest BCUT2D eigenvalue weighted by Gasteiger charge is -2.29. The number of carbonyl (C=O) groups is 1. The van der Waals surface area contributed by atoms with Crippen LogP contribution in [0.25, 0.3) is 11.3 Å². The van der Waals surface area contributed by atoms with Gasteiger partial charge in [0.1, 0.15) is 5.82 Å². The van der Waals surface area contributed by atoms with Crippen molar-refractivity contribution < 1.29 is 9.18 Å². The van der Waals surface area contributed by atoms with Crippen LogP contribution in [-0.2, 0) is 6.42 Å². The number of hydrogen-bond donors (Lipinski definition) is 0. The van der Waals surface area contributed by atoms with Gasteiger partial charge in [-0.25, -0.2) is 4.39 Å². The third kappa shape index (κ3) is 2.11. The van der Waals surface area contributed by atoms with Gasteiger partial charge in [0.15, 0.2) is 5.78 Å². The van der Waals surface area contributed by atoms with Crippen molar-refractivity contribution in [2.45, 2.75) is 26.7 Å². The van der Waals surface area contributed by atoms with E-state index in [1.165, 1.54) is 6.07 Å². The molecule has 0 unspecified atom stereocenters. The van der Waals surface area contributed by atoms with Crippen LogP contribution in [-0.4, -0.2) is 15.8 Å². The maximum atomic E-state index is 13.2. The van der Waals surface area contributed by atoms with Gasteiger partial charge in [0, 0.05) is 22.7 Å². The van der Waals surface area contributed by atoms with Crippen LogP contribution in [0, 0.1) is 11.2 Å². The van der Waals surface area contributed by atoms with Crippen LogP contribution in [0.1, 0.15) is 36.3 Å². The number of nitrogens with zero attached hydrogens (tertiary/aromatic N) is 2. The molecular weight excluding hydrogens is 255 g/mol. The fourth-order valence-corrected chi connectivity index (χ4v) is 2.52. The molecule has 0 spiro atoms. The summed E-state index contributed by atoms with van der Waals surface area (Å²) in [6.45, 7) is 3.92. The van der Waals surface area contributed by atoms with E-state index in [1.807, 2.05) is 13.8 Å². The van der Waals surface area contributed by atoms with E-state index in [0.29, 0.717) is 16.8 Å². The third-order valence-corrected chi connectivity index (χ3v) is 3.82. The van der Waals surface area contributed by atoms with Crippen LogP contribution >= 0.6 is 0 Å². The summed E-state index contributed by atoms with van der Waals surface area (Å²) in [4.78, 5) is 20.7. The minimum atomic E-state index is -0.390. The molecule has 102 valence electrons. The van der Waals surface area contributed by atoms with Gasteiger partial charge in [-0.05, 0) is 31.0 Å². The highest BCUT2D eigenvalue weighted by Crippen LogP contribution is 2.34. The van der Waals surface area contributed by atoms with E-state index in [9.17, 15) is 9.18 Å². The SMILES string of the molecule is CC1(C)CCc2nc(-c3cncc(F)c3)ccc2C1=O. The first-order valence-electron chi connectivity index (χ1n) is 6.63. The lowest BCUT2D eigenvalue weighted by Crippen LogP contribution is -2.31. The monoisotopic (exact) mass is 270 g/mol. The highest BCUT2D eigenvalue weighted by atomic mass is 19.1. The van der Waals surface area contributed by atoms with Crippen molar-refractivity contribution in [2.75, 3.05) is 0 Å². The molecule has 20 heavy (non-hydrogen) atoms. The van der Waals surface area contributed by atoms with Crippen LogP contribution in [0.3, 0.4) is 0 Å². The second-order valence-electron chi connectivity index (χ2n) is 5.80. The zero-order chi connectivity index (χ0) is 14.3. The van der Waals surface area contributed by atoms with Gasteiger partial charge < -0.3 is 0 Å². The second kappa shape index (κ2) is 4.47. The summed E-state index contributed by atoms with van der Waals surface area (Å²) < 4.78 is 13.2. The van der Waals surface area contributed by atoms with E-state index in [0.717, 1.165) is 24.7 Å². The fourth-order valence-electron chi connectivity index (χ4n) is 2.52. The molecule has 2 aromatic heterocycles. The maximum Gasteiger partial charge on any atom is 0.170 e. The number of rotatable bonds is 1. The van der Waals surface area contributed by atoms with Crippen molar-refractivity contribution in [3.63, 3.8) is 0 Å². The van der Waals surface area contributed by atoms with Gasteiger partial charge in [0.2, 0.25) is 0 Å². The predicted octanol–water partition coefficient (Wildman–Crippen LogP) is 3.44. The molecule has 0 fully saturated rings. The molecule has 0 saturated carbocycles. The number of pyridine rings is 2. The van der Waals surface area contributed by atoms with Crippen LogP contribution in [0.15, 0.2) is 30.6 Å². The minimum Gasteiger partial charge on any atom is -0.294 e. The molecule has 1 aliphatic carbocycles. The van der Waals surface area contributed by atoms with Gasteiger partial charge in [-0.15, -0.1) is 0 Å². The van der Waals surface area contributed by atoms with Crippen molar-refractivity contribution in [3.05, 3.63) is 47.7 Å². The van der Waals surface area contributed by atoms with Crippen LogP contribution in [0.5, 0.6) is 0 Å². The highest BCUT2D eigenvalue weighted by Gasteiger charge is 2.34. The number of hydrogen-bond acceptors (Lipinski definition) is 3. The number of aromatic nitrogens is 2. The Hall–Kier alpha value is -2.10. The first-order valence-corrected chi connectivity index (χ1v) is 6.63. The number of Topliss-reactive ketones (excluding diaryl/α,β-unsaturated/α-hetero) is 1. The molecule has 0 radical (unpaired) electrons. The first-order chi connectivity index (χ1) is 9.47. The zero-order valence-corrected chi connectivity index (χ0v) is 11.5. The van der Waals surface area contributed by atoms with Crippen molar-refractivity contribution in [1.82, 2.24) is 9.97 Å². The summed E-state index contributed by atoms with van der Waals surface area (Å²) >= 11 is 0. The molecule has 0 N–H and O–H groups in total. The molecule has 2 aromatic rings. The zero-order valence-electron chi connectivity index (χ0n) is 11.5. The molecule has 0 amide bonds. The summed E-state index contributed by atoms with van der Waals surface area (Å²) in [7, 11) is 0. The van der Waals surface area contributed by atoms with E-state index < -0.39 is 0 Å². The summed E-state index contributed by atoms with van der Waals surface area (Å²) in [6, 6.07) is 4.96. The summed E-state index contributed by atoms with van der Waals surface area (Å²) in [6.07, 6.45) is 4.29. The van der Waals surface area contributed by atoms with Crippen molar-refractivity contribution in [1.29, 1.82) is 0 Å².